The Hall–Kier alpha value is -1.23. The minimum absolute atomic E-state index is 0.0277. The second-order valence-corrected chi connectivity index (χ2v) is 4.83. The van der Waals surface area contributed by atoms with Gasteiger partial charge in [-0.1, -0.05) is 6.07 Å². The number of nitrogens with one attached hydrogen (secondary N) is 1. The highest BCUT2D eigenvalue weighted by Crippen LogP contribution is 2.28. The Morgan fingerprint density at radius 2 is 2.12 bits per heavy atom. The predicted octanol–water partition coefficient (Wildman–Crippen LogP) is 2.31. The summed E-state index contributed by atoms with van der Waals surface area (Å²) in [6.07, 6.45) is 1.80. The highest BCUT2D eigenvalue weighted by molar-refractivity contribution is 7.10. The lowest BCUT2D eigenvalue weighted by Gasteiger charge is -2.17. The molecule has 3 N–H and O–H groups in total. The number of nitrogens with two attached hydrogens (primary N) is 1. The number of pyridine rings is 1. The third-order valence-corrected chi connectivity index (χ3v) is 3.60. The maximum absolute atomic E-state index is 5.66. The van der Waals surface area contributed by atoms with Crippen LogP contribution >= 0.6 is 11.3 Å². The summed E-state index contributed by atoms with van der Waals surface area (Å²) in [4.78, 5) is 5.58. The summed E-state index contributed by atoms with van der Waals surface area (Å²) in [5.74, 6) is 5.66. The van der Waals surface area contributed by atoms with Crippen LogP contribution in [0.25, 0.3) is 0 Å². The van der Waals surface area contributed by atoms with Gasteiger partial charge in [0.15, 0.2) is 0 Å². The first-order valence-corrected chi connectivity index (χ1v) is 6.03. The van der Waals surface area contributed by atoms with Gasteiger partial charge in [-0.25, -0.2) is 5.43 Å². The van der Waals surface area contributed by atoms with Gasteiger partial charge in [-0.15, -0.1) is 11.3 Å². The van der Waals surface area contributed by atoms with Gasteiger partial charge in [0, 0.05) is 16.8 Å². The quantitative estimate of drug-likeness (QED) is 0.632. The van der Waals surface area contributed by atoms with E-state index in [9.17, 15) is 0 Å². The molecular formula is C12H15N3S. The average Bonchev–Trinajstić information content (AvgIpc) is 2.69. The van der Waals surface area contributed by atoms with Crippen molar-refractivity contribution in [3.05, 3.63) is 51.5 Å². The van der Waals surface area contributed by atoms with Crippen LogP contribution in [-0.4, -0.2) is 4.98 Å². The molecule has 0 aliphatic carbocycles. The molecule has 0 fully saturated rings. The van der Waals surface area contributed by atoms with Crippen molar-refractivity contribution in [2.45, 2.75) is 19.9 Å². The van der Waals surface area contributed by atoms with Gasteiger partial charge in [-0.3, -0.25) is 10.8 Å². The normalized spacial score (nSPS) is 12.7. The molecular weight excluding hydrogens is 218 g/mol. The zero-order valence-corrected chi connectivity index (χ0v) is 10.2. The summed E-state index contributed by atoms with van der Waals surface area (Å²) in [5, 5.41) is 2.08. The summed E-state index contributed by atoms with van der Waals surface area (Å²) in [7, 11) is 0. The Morgan fingerprint density at radius 3 is 2.69 bits per heavy atom. The van der Waals surface area contributed by atoms with Gasteiger partial charge >= 0.3 is 0 Å². The predicted molar refractivity (Wildman–Crippen MR) is 67.2 cm³/mol. The second-order valence-electron chi connectivity index (χ2n) is 3.71. The molecule has 0 aliphatic rings. The van der Waals surface area contributed by atoms with Crippen molar-refractivity contribution in [1.82, 2.24) is 10.4 Å². The van der Waals surface area contributed by atoms with Crippen LogP contribution < -0.4 is 11.3 Å². The van der Waals surface area contributed by atoms with Crippen LogP contribution in [0.15, 0.2) is 29.8 Å². The number of hydrogen-bond donors (Lipinski definition) is 2. The van der Waals surface area contributed by atoms with E-state index in [4.69, 9.17) is 5.84 Å². The van der Waals surface area contributed by atoms with E-state index in [1.807, 2.05) is 13.0 Å². The molecule has 1 unspecified atom stereocenters. The van der Waals surface area contributed by atoms with Crippen molar-refractivity contribution in [2.24, 2.45) is 5.84 Å². The summed E-state index contributed by atoms with van der Waals surface area (Å²) < 4.78 is 0. The van der Waals surface area contributed by atoms with Crippen LogP contribution in [0.5, 0.6) is 0 Å². The number of hydrazine groups is 1. The minimum atomic E-state index is 0.0277. The van der Waals surface area contributed by atoms with Gasteiger partial charge < -0.3 is 0 Å². The molecule has 0 amide bonds. The van der Waals surface area contributed by atoms with Gasteiger partial charge in [-0.05, 0) is 42.5 Å². The van der Waals surface area contributed by atoms with Crippen LogP contribution in [-0.2, 0) is 0 Å². The van der Waals surface area contributed by atoms with Crippen LogP contribution in [0, 0.1) is 13.8 Å². The Labute approximate surface area is 99.3 Å². The smallest absolute Gasteiger partial charge is 0.0738 e. The van der Waals surface area contributed by atoms with Crippen LogP contribution in [0.1, 0.15) is 27.7 Å². The summed E-state index contributed by atoms with van der Waals surface area (Å²) in [6.45, 7) is 4.11. The zero-order valence-electron chi connectivity index (χ0n) is 9.40. The summed E-state index contributed by atoms with van der Waals surface area (Å²) in [5.41, 5.74) is 6.24. The Morgan fingerprint density at radius 1 is 1.31 bits per heavy atom. The molecule has 2 rings (SSSR count). The third kappa shape index (κ3) is 2.00. The molecule has 0 saturated carbocycles. The highest BCUT2D eigenvalue weighted by Gasteiger charge is 2.17. The molecule has 3 nitrogen and oxygen atoms in total. The Balaban J connectivity index is 2.45. The van der Waals surface area contributed by atoms with E-state index < -0.39 is 0 Å². The minimum Gasteiger partial charge on any atom is -0.271 e. The van der Waals surface area contributed by atoms with E-state index in [1.165, 1.54) is 10.4 Å². The zero-order chi connectivity index (χ0) is 11.5. The molecule has 0 aliphatic heterocycles. The second kappa shape index (κ2) is 4.74. The van der Waals surface area contributed by atoms with Crippen molar-refractivity contribution in [1.29, 1.82) is 0 Å². The molecule has 84 valence electrons. The van der Waals surface area contributed by atoms with Crippen LogP contribution in [0.2, 0.25) is 0 Å². The number of rotatable bonds is 3. The Bertz CT molecular complexity index is 479. The first-order valence-electron chi connectivity index (χ1n) is 5.15. The Kier molecular flexibility index (Phi) is 3.33. The van der Waals surface area contributed by atoms with E-state index in [0.29, 0.717) is 0 Å². The lowest BCUT2D eigenvalue weighted by atomic mass is 9.99. The molecule has 2 aromatic heterocycles. The fourth-order valence-corrected chi connectivity index (χ4v) is 2.58. The van der Waals surface area contributed by atoms with E-state index in [-0.39, 0.29) is 6.04 Å². The maximum Gasteiger partial charge on any atom is 0.0738 e. The molecule has 2 heterocycles. The van der Waals surface area contributed by atoms with Gasteiger partial charge in [0.05, 0.1) is 6.04 Å². The first kappa shape index (κ1) is 11.3. The fourth-order valence-electron chi connectivity index (χ4n) is 1.84. The van der Waals surface area contributed by atoms with E-state index in [0.717, 1.165) is 11.3 Å². The van der Waals surface area contributed by atoms with Crippen molar-refractivity contribution < 1.29 is 0 Å². The van der Waals surface area contributed by atoms with E-state index in [2.05, 4.69) is 34.8 Å². The third-order valence-electron chi connectivity index (χ3n) is 2.74. The van der Waals surface area contributed by atoms with Crippen molar-refractivity contribution in [3.63, 3.8) is 0 Å². The number of thiophene rings is 1. The van der Waals surface area contributed by atoms with Gasteiger partial charge in [-0.2, -0.15) is 0 Å². The molecule has 2 aromatic rings. The number of nitrogens with zero attached hydrogens (tertiary/aromatic N) is 1. The molecule has 0 bridgehead atoms. The van der Waals surface area contributed by atoms with E-state index >= 15 is 0 Å². The van der Waals surface area contributed by atoms with Crippen molar-refractivity contribution >= 4 is 11.3 Å². The lowest BCUT2D eigenvalue weighted by molar-refractivity contribution is 0.630. The lowest BCUT2D eigenvalue weighted by Crippen LogP contribution is -2.29. The van der Waals surface area contributed by atoms with Crippen molar-refractivity contribution in [2.75, 3.05) is 0 Å². The van der Waals surface area contributed by atoms with Crippen LogP contribution in [0.4, 0.5) is 0 Å². The molecule has 4 heteroatoms. The molecule has 1 atom stereocenters. The van der Waals surface area contributed by atoms with Gasteiger partial charge in [0.2, 0.25) is 0 Å². The molecule has 0 saturated heterocycles. The number of aromatic nitrogens is 1. The number of aryl methyl sites for hydroxylation is 2. The number of hydrogen-bond acceptors (Lipinski definition) is 4. The maximum atomic E-state index is 5.66. The fraction of sp³-hybridized carbons (Fsp3) is 0.250. The molecule has 0 aromatic carbocycles. The molecule has 16 heavy (non-hydrogen) atoms. The summed E-state index contributed by atoms with van der Waals surface area (Å²) in [6, 6.07) is 6.13. The van der Waals surface area contributed by atoms with Crippen molar-refractivity contribution in [3.8, 4) is 0 Å². The largest absolute Gasteiger partial charge is 0.271 e. The van der Waals surface area contributed by atoms with Crippen LogP contribution in [0.3, 0.4) is 0 Å². The highest BCUT2D eigenvalue weighted by atomic mass is 32.1. The van der Waals surface area contributed by atoms with Gasteiger partial charge in [0.25, 0.3) is 0 Å². The monoisotopic (exact) mass is 233 g/mol. The topological polar surface area (TPSA) is 50.9 Å². The summed E-state index contributed by atoms with van der Waals surface area (Å²) >= 11 is 1.73. The average molecular weight is 233 g/mol. The van der Waals surface area contributed by atoms with E-state index in [1.54, 1.807) is 17.5 Å². The van der Waals surface area contributed by atoms with Gasteiger partial charge in [0.1, 0.15) is 0 Å². The first-order chi connectivity index (χ1) is 7.74. The molecule has 0 radical (unpaired) electrons. The standard InChI is InChI=1S/C12H15N3S/c1-8-10(4-3-6-14-8)12(15-13)11-5-7-16-9(11)2/h3-7,12,15H,13H2,1-2H3. The molecule has 0 spiro atoms. The SMILES string of the molecule is Cc1ncccc1C(NN)c1ccsc1C.